The molecule has 3 N–H and O–H groups in total. The largest absolute Gasteiger partial charge is 0.495 e. The van der Waals surface area contributed by atoms with E-state index < -0.39 is 5.54 Å². The lowest BCUT2D eigenvalue weighted by molar-refractivity contribution is 0.0947. The Hall–Kier alpha value is -1.56. The normalized spacial score (nSPS) is 10.7. The van der Waals surface area contributed by atoms with E-state index in [0.717, 1.165) is 10.4 Å². The summed E-state index contributed by atoms with van der Waals surface area (Å²) in [6, 6.07) is 11.8. The van der Waals surface area contributed by atoms with Gasteiger partial charge in [-0.25, -0.2) is 0 Å². The minimum Gasteiger partial charge on any atom is -0.495 e. The van der Waals surface area contributed by atoms with E-state index in [2.05, 4.69) is 5.32 Å². The minimum atomic E-state index is -0.442. The number of methoxy groups -OCH3 is 1. The number of carbonyl (C=O) groups is 1. The Morgan fingerprint density at radius 3 is 2.50 bits per heavy atom. The fraction of sp³-hybridized carbons (Fsp3) is 0.312. The van der Waals surface area contributed by atoms with Gasteiger partial charge in [0.05, 0.1) is 7.11 Å². The molecule has 0 aliphatic rings. The van der Waals surface area contributed by atoms with E-state index in [9.17, 15) is 4.79 Å². The topological polar surface area (TPSA) is 64.3 Å². The smallest absolute Gasteiger partial charge is 0.265 e. The summed E-state index contributed by atoms with van der Waals surface area (Å²) in [6.07, 6.45) is 0. The van der Waals surface area contributed by atoms with Crippen molar-refractivity contribution in [3.05, 3.63) is 41.3 Å². The molecule has 0 unspecified atom stereocenters. The van der Waals surface area contributed by atoms with Crippen molar-refractivity contribution in [2.75, 3.05) is 13.7 Å². The molecule has 0 spiro atoms. The Bertz CT molecular complexity index is 621. The van der Waals surface area contributed by atoms with E-state index in [-0.39, 0.29) is 18.3 Å². The molecule has 0 saturated carbocycles. The van der Waals surface area contributed by atoms with Gasteiger partial charge < -0.3 is 15.8 Å². The Morgan fingerprint density at radius 1 is 1.32 bits per heavy atom. The maximum Gasteiger partial charge on any atom is 0.265 e. The first-order valence-electron chi connectivity index (χ1n) is 6.71. The van der Waals surface area contributed by atoms with Crippen LogP contribution in [0, 0.1) is 0 Å². The highest BCUT2D eigenvalue weighted by Gasteiger charge is 2.20. The standard InChI is InChI=1S/C16H20N2O2S.ClH/c1-16(2,17)10-18-15(19)14-12(20-3)9-13(21-14)11-7-5-4-6-8-11;/h4-9H,10,17H2,1-3H3,(H,18,19);1H. The number of carbonyl (C=O) groups excluding carboxylic acids is 1. The Balaban J connectivity index is 0.00000242. The number of nitrogens with two attached hydrogens (primary N) is 1. The molecule has 1 aromatic heterocycles. The highest BCUT2D eigenvalue weighted by Crippen LogP contribution is 2.36. The van der Waals surface area contributed by atoms with Crippen molar-refractivity contribution in [2.45, 2.75) is 19.4 Å². The van der Waals surface area contributed by atoms with Crippen molar-refractivity contribution in [2.24, 2.45) is 5.73 Å². The molecule has 0 atom stereocenters. The summed E-state index contributed by atoms with van der Waals surface area (Å²) in [6.45, 7) is 4.15. The molecule has 120 valence electrons. The van der Waals surface area contributed by atoms with E-state index in [1.54, 1.807) is 7.11 Å². The van der Waals surface area contributed by atoms with Crippen LogP contribution in [0.3, 0.4) is 0 Å². The predicted octanol–water partition coefficient (Wildman–Crippen LogP) is 3.31. The second kappa shape index (κ2) is 7.63. The molecule has 6 heteroatoms. The zero-order chi connectivity index (χ0) is 15.5. The second-order valence-corrected chi connectivity index (χ2v) is 6.60. The zero-order valence-electron chi connectivity index (χ0n) is 12.9. The second-order valence-electron chi connectivity index (χ2n) is 5.55. The molecule has 1 aromatic carbocycles. The summed E-state index contributed by atoms with van der Waals surface area (Å²) in [5.41, 5.74) is 6.51. The monoisotopic (exact) mass is 340 g/mol. The number of nitrogens with one attached hydrogen (secondary N) is 1. The van der Waals surface area contributed by atoms with Gasteiger partial charge in [0.1, 0.15) is 10.6 Å². The summed E-state index contributed by atoms with van der Waals surface area (Å²) in [5.74, 6) is 0.434. The first kappa shape index (κ1) is 18.5. The van der Waals surface area contributed by atoms with Crippen LogP contribution in [0.2, 0.25) is 0 Å². The molecule has 22 heavy (non-hydrogen) atoms. The molecule has 2 aromatic rings. The maximum atomic E-state index is 12.3. The number of thiophene rings is 1. The van der Waals surface area contributed by atoms with Gasteiger partial charge in [0.15, 0.2) is 0 Å². The van der Waals surface area contributed by atoms with Crippen molar-refractivity contribution < 1.29 is 9.53 Å². The summed E-state index contributed by atoms with van der Waals surface area (Å²) in [7, 11) is 1.57. The third-order valence-corrected chi connectivity index (χ3v) is 4.05. The van der Waals surface area contributed by atoms with Gasteiger partial charge >= 0.3 is 0 Å². The maximum absolute atomic E-state index is 12.3. The molecule has 4 nitrogen and oxygen atoms in total. The van der Waals surface area contributed by atoms with Crippen LogP contribution in [0.15, 0.2) is 36.4 Å². The van der Waals surface area contributed by atoms with Crippen LogP contribution >= 0.6 is 23.7 Å². The highest BCUT2D eigenvalue weighted by molar-refractivity contribution is 7.17. The number of halogens is 1. The van der Waals surface area contributed by atoms with Crippen LogP contribution in [0.5, 0.6) is 5.75 Å². The van der Waals surface area contributed by atoms with Crippen molar-refractivity contribution in [3.63, 3.8) is 0 Å². The number of rotatable bonds is 5. The van der Waals surface area contributed by atoms with Crippen LogP contribution in [0.25, 0.3) is 10.4 Å². The number of hydrogen-bond acceptors (Lipinski definition) is 4. The van der Waals surface area contributed by atoms with E-state index in [0.29, 0.717) is 17.2 Å². The molecular formula is C16H21ClN2O2S. The molecule has 0 aliphatic carbocycles. The van der Waals surface area contributed by atoms with Crippen LogP contribution in [-0.4, -0.2) is 25.1 Å². The van der Waals surface area contributed by atoms with Crippen molar-refractivity contribution >= 4 is 29.7 Å². The van der Waals surface area contributed by atoms with Gasteiger partial charge in [-0.1, -0.05) is 30.3 Å². The lowest BCUT2D eigenvalue weighted by Crippen LogP contribution is -2.45. The first-order chi connectivity index (χ1) is 9.90. The summed E-state index contributed by atoms with van der Waals surface area (Å²) in [4.78, 5) is 13.9. The Kier molecular flexibility index (Phi) is 6.41. The van der Waals surface area contributed by atoms with E-state index in [4.69, 9.17) is 10.5 Å². The third-order valence-electron chi connectivity index (χ3n) is 2.89. The van der Waals surface area contributed by atoms with E-state index in [1.165, 1.54) is 11.3 Å². The molecular weight excluding hydrogens is 320 g/mol. The molecule has 1 amide bonds. The zero-order valence-corrected chi connectivity index (χ0v) is 14.5. The SMILES string of the molecule is COc1cc(-c2ccccc2)sc1C(=O)NCC(C)(C)N.Cl. The van der Waals surface area contributed by atoms with Gasteiger partial charge in [-0.3, -0.25) is 4.79 Å². The molecule has 0 radical (unpaired) electrons. The summed E-state index contributed by atoms with van der Waals surface area (Å²) in [5, 5.41) is 2.84. The Morgan fingerprint density at radius 2 is 1.95 bits per heavy atom. The fourth-order valence-electron chi connectivity index (χ4n) is 1.82. The minimum absolute atomic E-state index is 0. The van der Waals surface area contributed by atoms with E-state index >= 15 is 0 Å². The summed E-state index contributed by atoms with van der Waals surface area (Å²) < 4.78 is 5.32. The van der Waals surface area contributed by atoms with Gasteiger partial charge in [-0.2, -0.15) is 0 Å². The van der Waals surface area contributed by atoms with Crippen LogP contribution in [0.1, 0.15) is 23.5 Å². The average molecular weight is 341 g/mol. The molecule has 1 heterocycles. The molecule has 0 saturated heterocycles. The molecule has 2 rings (SSSR count). The lowest BCUT2D eigenvalue weighted by atomic mass is 10.1. The number of benzene rings is 1. The first-order valence-corrected chi connectivity index (χ1v) is 7.53. The van der Waals surface area contributed by atoms with Gasteiger partial charge in [0, 0.05) is 17.0 Å². The third kappa shape index (κ3) is 4.73. The average Bonchev–Trinajstić information content (AvgIpc) is 2.89. The fourth-order valence-corrected chi connectivity index (χ4v) is 2.86. The number of ether oxygens (including phenoxy) is 1. The molecule has 0 bridgehead atoms. The van der Waals surface area contributed by atoms with Crippen LogP contribution < -0.4 is 15.8 Å². The lowest BCUT2D eigenvalue weighted by Gasteiger charge is -2.18. The van der Waals surface area contributed by atoms with Gasteiger partial charge in [-0.05, 0) is 25.5 Å². The van der Waals surface area contributed by atoms with Crippen LogP contribution in [0.4, 0.5) is 0 Å². The Labute approximate surface area is 141 Å². The molecule has 0 aliphatic heterocycles. The van der Waals surface area contributed by atoms with Crippen molar-refractivity contribution in [3.8, 4) is 16.2 Å². The van der Waals surface area contributed by atoms with Gasteiger partial charge in [-0.15, -0.1) is 23.7 Å². The van der Waals surface area contributed by atoms with Crippen molar-refractivity contribution in [1.29, 1.82) is 0 Å². The van der Waals surface area contributed by atoms with Gasteiger partial charge in [0.2, 0.25) is 0 Å². The quantitative estimate of drug-likeness (QED) is 0.877. The number of amides is 1. The van der Waals surface area contributed by atoms with Crippen LogP contribution in [-0.2, 0) is 0 Å². The predicted molar refractivity (Wildman–Crippen MR) is 94.2 cm³/mol. The van der Waals surface area contributed by atoms with Gasteiger partial charge in [0.25, 0.3) is 5.91 Å². The van der Waals surface area contributed by atoms with E-state index in [1.807, 2.05) is 50.2 Å². The van der Waals surface area contributed by atoms with Crippen molar-refractivity contribution in [1.82, 2.24) is 5.32 Å². The summed E-state index contributed by atoms with van der Waals surface area (Å²) >= 11 is 1.42. The number of hydrogen-bond donors (Lipinski definition) is 2. The molecule has 0 fully saturated rings. The highest BCUT2D eigenvalue weighted by atomic mass is 35.5.